The van der Waals surface area contributed by atoms with Crippen LogP contribution >= 0.6 is 0 Å². The van der Waals surface area contributed by atoms with Crippen LogP contribution < -0.4 is 10.6 Å². The van der Waals surface area contributed by atoms with E-state index in [1.54, 1.807) is 19.1 Å². The van der Waals surface area contributed by atoms with Crippen LogP contribution in [0.2, 0.25) is 0 Å². The number of esters is 1. The molecule has 1 aromatic rings. The highest BCUT2D eigenvalue weighted by Gasteiger charge is 2.14. The highest BCUT2D eigenvalue weighted by Crippen LogP contribution is 2.22. The first-order chi connectivity index (χ1) is 11.7. The summed E-state index contributed by atoms with van der Waals surface area (Å²) in [6.45, 7) is 9.02. The second-order valence-electron chi connectivity index (χ2n) is 6.74. The summed E-state index contributed by atoms with van der Waals surface area (Å²) in [5, 5.41) is 5.41. The maximum Gasteiger partial charge on any atom is 0.306 e. The van der Waals surface area contributed by atoms with Crippen molar-refractivity contribution in [3.05, 3.63) is 35.4 Å². The van der Waals surface area contributed by atoms with Crippen LogP contribution in [0.3, 0.4) is 0 Å². The molecular weight excluding hydrogens is 320 g/mol. The van der Waals surface area contributed by atoms with Crippen molar-refractivity contribution in [3.8, 4) is 0 Å². The summed E-state index contributed by atoms with van der Waals surface area (Å²) >= 11 is 0. The monoisotopic (exact) mass is 348 g/mol. The van der Waals surface area contributed by atoms with Crippen molar-refractivity contribution in [1.82, 2.24) is 10.6 Å². The van der Waals surface area contributed by atoms with Gasteiger partial charge in [-0.1, -0.05) is 32.9 Å². The fraction of sp³-hybridized carbons (Fsp3) is 0.526. The third kappa shape index (κ3) is 7.83. The number of rotatable bonds is 8. The van der Waals surface area contributed by atoms with Crippen LogP contribution in [0.4, 0.5) is 0 Å². The van der Waals surface area contributed by atoms with Gasteiger partial charge in [-0.3, -0.25) is 14.4 Å². The lowest BCUT2D eigenvalue weighted by atomic mass is 9.87. The van der Waals surface area contributed by atoms with Crippen LogP contribution in [0.1, 0.15) is 56.5 Å². The molecule has 0 saturated carbocycles. The zero-order chi connectivity index (χ0) is 18.9. The molecule has 0 bridgehead atoms. The van der Waals surface area contributed by atoms with Gasteiger partial charge in [0, 0.05) is 25.1 Å². The van der Waals surface area contributed by atoms with E-state index in [0.717, 1.165) is 5.56 Å². The van der Waals surface area contributed by atoms with E-state index >= 15 is 0 Å². The van der Waals surface area contributed by atoms with Crippen LogP contribution in [0.15, 0.2) is 24.3 Å². The Balaban J connectivity index is 2.28. The summed E-state index contributed by atoms with van der Waals surface area (Å²) < 4.78 is 4.75. The zero-order valence-corrected chi connectivity index (χ0v) is 15.5. The van der Waals surface area contributed by atoms with Gasteiger partial charge in [-0.15, -0.1) is 0 Å². The molecule has 2 N–H and O–H groups in total. The van der Waals surface area contributed by atoms with Gasteiger partial charge in [-0.05, 0) is 30.0 Å². The topological polar surface area (TPSA) is 84.5 Å². The van der Waals surface area contributed by atoms with Gasteiger partial charge in [0.25, 0.3) is 5.91 Å². The molecule has 0 fully saturated rings. The molecule has 0 atom stereocenters. The van der Waals surface area contributed by atoms with Crippen LogP contribution in [0.5, 0.6) is 0 Å². The zero-order valence-electron chi connectivity index (χ0n) is 15.5. The van der Waals surface area contributed by atoms with Gasteiger partial charge in [-0.25, -0.2) is 0 Å². The normalized spacial score (nSPS) is 10.9. The molecule has 6 heteroatoms. The Morgan fingerprint density at radius 3 is 2.12 bits per heavy atom. The molecule has 0 heterocycles. The minimum Gasteiger partial charge on any atom is -0.466 e. The summed E-state index contributed by atoms with van der Waals surface area (Å²) in [6, 6.07) is 7.50. The molecule has 0 radical (unpaired) electrons. The van der Waals surface area contributed by atoms with Crippen molar-refractivity contribution >= 4 is 17.8 Å². The number of hydrogen-bond donors (Lipinski definition) is 2. The molecule has 0 aliphatic rings. The number of nitrogens with one attached hydrogen (secondary N) is 2. The number of benzene rings is 1. The van der Waals surface area contributed by atoms with Gasteiger partial charge in [0.05, 0.1) is 13.0 Å². The molecular formula is C19H28N2O4. The van der Waals surface area contributed by atoms with Gasteiger partial charge in [0.1, 0.15) is 0 Å². The molecule has 0 aromatic heterocycles. The van der Waals surface area contributed by atoms with E-state index in [9.17, 15) is 14.4 Å². The predicted octanol–water partition coefficient (Wildman–Crippen LogP) is 2.17. The molecule has 0 saturated heterocycles. The van der Waals surface area contributed by atoms with Crippen LogP contribution in [0.25, 0.3) is 0 Å². The molecule has 2 amide bonds. The molecule has 0 unspecified atom stereocenters. The SMILES string of the molecule is CCOC(=O)CCC(=O)NCCNC(=O)c1ccc(C(C)(C)C)cc1. The average molecular weight is 348 g/mol. The van der Waals surface area contributed by atoms with E-state index in [2.05, 4.69) is 31.4 Å². The Kier molecular flexibility index (Phi) is 8.11. The van der Waals surface area contributed by atoms with Gasteiger partial charge >= 0.3 is 5.97 Å². The van der Waals surface area contributed by atoms with Crippen molar-refractivity contribution in [1.29, 1.82) is 0 Å². The number of ether oxygens (including phenoxy) is 1. The Morgan fingerprint density at radius 1 is 0.960 bits per heavy atom. The van der Waals surface area contributed by atoms with Crippen molar-refractivity contribution in [2.45, 2.75) is 46.0 Å². The van der Waals surface area contributed by atoms with E-state index in [1.165, 1.54) is 0 Å². The smallest absolute Gasteiger partial charge is 0.306 e. The number of hydrogen-bond acceptors (Lipinski definition) is 4. The van der Waals surface area contributed by atoms with Crippen LogP contribution in [-0.2, 0) is 19.7 Å². The van der Waals surface area contributed by atoms with Gasteiger partial charge in [-0.2, -0.15) is 0 Å². The predicted molar refractivity (Wildman–Crippen MR) is 96.4 cm³/mol. The maximum atomic E-state index is 12.1. The first kappa shape index (κ1) is 20.7. The summed E-state index contributed by atoms with van der Waals surface area (Å²) in [6.07, 6.45) is 0.146. The van der Waals surface area contributed by atoms with Crippen molar-refractivity contribution in [3.63, 3.8) is 0 Å². The van der Waals surface area contributed by atoms with Crippen LogP contribution in [0, 0.1) is 0 Å². The minimum atomic E-state index is -0.385. The fourth-order valence-electron chi connectivity index (χ4n) is 2.14. The Hall–Kier alpha value is -2.37. The number of carbonyl (C=O) groups is 3. The van der Waals surface area contributed by atoms with Crippen LogP contribution in [-0.4, -0.2) is 37.5 Å². The average Bonchev–Trinajstić information content (AvgIpc) is 2.56. The molecule has 1 rings (SSSR count). The minimum absolute atomic E-state index is 0.0445. The second kappa shape index (κ2) is 9.81. The molecule has 0 aliphatic heterocycles. The fourth-order valence-corrected chi connectivity index (χ4v) is 2.14. The van der Waals surface area contributed by atoms with E-state index in [4.69, 9.17) is 4.74 Å². The Bertz CT molecular complexity index is 588. The molecule has 25 heavy (non-hydrogen) atoms. The lowest BCUT2D eigenvalue weighted by Crippen LogP contribution is -2.34. The molecule has 6 nitrogen and oxygen atoms in total. The van der Waals surface area contributed by atoms with Crippen molar-refractivity contribution < 1.29 is 19.1 Å². The first-order valence-electron chi connectivity index (χ1n) is 8.55. The largest absolute Gasteiger partial charge is 0.466 e. The maximum absolute atomic E-state index is 12.1. The summed E-state index contributed by atoms with van der Waals surface area (Å²) in [4.78, 5) is 34.8. The Labute approximate surface area is 149 Å². The molecule has 0 spiro atoms. The van der Waals surface area contributed by atoms with Gasteiger partial charge < -0.3 is 15.4 Å². The molecule has 1 aromatic carbocycles. The van der Waals surface area contributed by atoms with Gasteiger partial charge in [0.15, 0.2) is 0 Å². The van der Waals surface area contributed by atoms with Crippen molar-refractivity contribution in [2.24, 2.45) is 0 Å². The standard InChI is InChI=1S/C19H28N2O4/c1-5-25-17(23)11-10-16(22)20-12-13-21-18(24)14-6-8-15(9-7-14)19(2,3)4/h6-9H,5,10-13H2,1-4H3,(H,20,22)(H,21,24). The summed E-state index contributed by atoms with van der Waals surface area (Å²) in [5.41, 5.74) is 1.79. The summed E-state index contributed by atoms with van der Waals surface area (Å²) in [5.74, 6) is -0.803. The lowest BCUT2D eigenvalue weighted by molar-refractivity contribution is -0.144. The van der Waals surface area contributed by atoms with Crippen molar-refractivity contribution in [2.75, 3.05) is 19.7 Å². The molecule has 138 valence electrons. The van der Waals surface area contributed by atoms with Gasteiger partial charge in [0.2, 0.25) is 5.91 Å². The van der Waals surface area contributed by atoms with E-state index in [1.807, 2.05) is 12.1 Å². The quantitative estimate of drug-likeness (QED) is 0.557. The lowest BCUT2D eigenvalue weighted by Gasteiger charge is -2.19. The molecule has 0 aliphatic carbocycles. The third-order valence-electron chi connectivity index (χ3n) is 3.61. The van der Waals surface area contributed by atoms with E-state index < -0.39 is 0 Å². The highest BCUT2D eigenvalue weighted by atomic mass is 16.5. The number of carbonyl (C=O) groups excluding carboxylic acids is 3. The summed E-state index contributed by atoms with van der Waals surface area (Å²) in [7, 11) is 0. The second-order valence-corrected chi connectivity index (χ2v) is 6.74. The van der Waals surface area contributed by atoms with E-state index in [-0.39, 0.29) is 36.0 Å². The highest BCUT2D eigenvalue weighted by molar-refractivity contribution is 5.94. The number of amides is 2. The first-order valence-corrected chi connectivity index (χ1v) is 8.55. The van der Waals surface area contributed by atoms with E-state index in [0.29, 0.717) is 25.3 Å². The third-order valence-corrected chi connectivity index (χ3v) is 3.61. The Morgan fingerprint density at radius 2 is 1.56 bits per heavy atom.